The Morgan fingerprint density at radius 1 is 1.14 bits per heavy atom. The smallest absolute Gasteiger partial charge is 0.308 e. The van der Waals surface area contributed by atoms with E-state index >= 15 is 0 Å². The van der Waals surface area contributed by atoms with Crippen molar-refractivity contribution >= 4 is 11.9 Å². The number of carboxylic acids is 1. The molecule has 0 aromatic heterocycles. The van der Waals surface area contributed by atoms with Crippen molar-refractivity contribution in [1.29, 1.82) is 0 Å². The summed E-state index contributed by atoms with van der Waals surface area (Å²) in [6.07, 6.45) is 0.936. The van der Waals surface area contributed by atoms with Crippen molar-refractivity contribution in [3.05, 3.63) is 24.3 Å². The Morgan fingerprint density at radius 3 is 2.18 bits per heavy atom. The van der Waals surface area contributed by atoms with Crippen LogP contribution in [0.4, 0.5) is 0 Å². The number of aliphatic carboxylic acids is 1. The van der Waals surface area contributed by atoms with E-state index in [1.54, 1.807) is 38.1 Å². The third-order valence-corrected chi connectivity index (χ3v) is 3.19. The molecule has 0 aliphatic rings. The lowest BCUT2D eigenvalue weighted by Gasteiger charge is -2.17. The maximum absolute atomic E-state index is 11.7. The molecule has 0 saturated carbocycles. The number of carbonyl (C=O) groups is 2. The Balaban J connectivity index is 2.39. The van der Waals surface area contributed by atoms with E-state index in [9.17, 15) is 9.59 Å². The van der Waals surface area contributed by atoms with E-state index in [0.717, 1.165) is 12.2 Å². The molecule has 0 fully saturated rings. The fraction of sp³-hybridized carbons (Fsp3) is 0.500. The van der Waals surface area contributed by atoms with Gasteiger partial charge in [-0.1, -0.05) is 6.92 Å². The molecule has 1 aromatic carbocycles. The molecule has 0 radical (unpaired) electrons. The third kappa shape index (κ3) is 6.03. The fourth-order valence-electron chi connectivity index (χ4n) is 1.64. The van der Waals surface area contributed by atoms with Crippen LogP contribution in [0.5, 0.6) is 11.5 Å². The molecule has 0 spiro atoms. The first-order valence-corrected chi connectivity index (χ1v) is 7.31. The van der Waals surface area contributed by atoms with Crippen LogP contribution >= 0.6 is 0 Å². The molecule has 0 bridgehead atoms. The summed E-state index contributed by atoms with van der Waals surface area (Å²) in [5, 5.41) is 11.5. The number of benzene rings is 1. The van der Waals surface area contributed by atoms with Crippen LogP contribution in [-0.2, 0) is 9.59 Å². The van der Waals surface area contributed by atoms with Gasteiger partial charge in [0.05, 0.1) is 12.5 Å². The molecule has 0 heterocycles. The number of carbonyl (C=O) groups excluding carboxylic acids is 1. The summed E-state index contributed by atoms with van der Waals surface area (Å²) >= 11 is 0. The van der Waals surface area contributed by atoms with Crippen molar-refractivity contribution < 1.29 is 24.2 Å². The summed E-state index contributed by atoms with van der Waals surface area (Å²) in [6, 6.07) is 6.54. The highest BCUT2D eigenvalue weighted by molar-refractivity contribution is 5.79. The van der Waals surface area contributed by atoms with Crippen molar-refractivity contribution in [1.82, 2.24) is 5.32 Å². The van der Waals surface area contributed by atoms with Gasteiger partial charge in [0.2, 0.25) is 0 Å². The van der Waals surface area contributed by atoms with Crippen LogP contribution in [0.3, 0.4) is 0 Å². The molecular weight excluding hydrogens is 286 g/mol. The summed E-state index contributed by atoms with van der Waals surface area (Å²) in [5.41, 5.74) is 0. The van der Waals surface area contributed by atoms with Crippen LogP contribution in [0.2, 0.25) is 0 Å². The van der Waals surface area contributed by atoms with Crippen molar-refractivity contribution in [2.75, 3.05) is 13.2 Å². The van der Waals surface area contributed by atoms with Crippen molar-refractivity contribution in [2.45, 2.75) is 33.2 Å². The number of amides is 1. The van der Waals surface area contributed by atoms with Crippen LogP contribution in [0.1, 0.15) is 27.2 Å². The molecule has 2 N–H and O–H groups in total. The molecule has 22 heavy (non-hydrogen) atoms. The highest BCUT2D eigenvalue weighted by Crippen LogP contribution is 2.17. The topological polar surface area (TPSA) is 84.9 Å². The summed E-state index contributed by atoms with van der Waals surface area (Å²) in [6.45, 7) is 5.72. The Bertz CT molecular complexity index is 486. The van der Waals surface area contributed by atoms with Gasteiger partial charge in [0.1, 0.15) is 11.5 Å². The maximum Gasteiger partial charge on any atom is 0.308 e. The minimum atomic E-state index is -0.948. The van der Waals surface area contributed by atoms with Crippen molar-refractivity contribution in [2.24, 2.45) is 5.92 Å². The van der Waals surface area contributed by atoms with E-state index in [1.807, 2.05) is 6.92 Å². The van der Waals surface area contributed by atoms with Gasteiger partial charge in [0.15, 0.2) is 6.61 Å². The van der Waals surface area contributed by atoms with Gasteiger partial charge < -0.3 is 19.9 Å². The SMILES string of the molecule is CCCOc1ccc(OCC(=O)NC(C)C(C)C(=O)O)cc1. The molecule has 6 heteroatoms. The minimum Gasteiger partial charge on any atom is -0.494 e. The summed E-state index contributed by atoms with van der Waals surface area (Å²) in [4.78, 5) is 22.5. The van der Waals surface area contributed by atoms with E-state index in [1.165, 1.54) is 0 Å². The molecule has 0 saturated heterocycles. The molecule has 1 rings (SSSR count). The van der Waals surface area contributed by atoms with Gasteiger partial charge in [0, 0.05) is 6.04 Å². The van der Waals surface area contributed by atoms with Gasteiger partial charge in [-0.15, -0.1) is 0 Å². The molecule has 122 valence electrons. The normalized spacial score (nSPS) is 13.0. The highest BCUT2D eigenvalue weighted by atomic mass is 16.5. The predicted molar refractivity (Wildman–Crippen MR) is 82.1 cm³/mol. The molecule has 2 atom stereocenters. The molecule has 0 aliphatic carbocycles. The lowest BCUT2D eigenvalue weighted by Crippen LogP contribution is -2.42. The van der Waals surface area contributed by atoms with Crippen LogP contribution in [-0.4, -0.2) is 36.2 Å². The van der Waals surface area contributed by atoms with Crippen LogP contribution in [0.25, 0.3) is 0 Å². The number of rotatable bonds is 9. The second-order valence-electron chi connectivity index (χ2n) is 5.09. The van der Waals surface area contributed by atoms with E-state index < -0.39 is 17.9 Å². The van der Waals surface area contributed by atoms with Gasteiger partial charge in [-0.3, -0.25) is 9.59 Å². The second-order valence-corrected chi connectivity index (χ2v) is 5.09. The Morgan fingerprint density at radius 2 is 1.68 bits per heavy atom. The molecule has 1 aromatic rings. The molecule has 1 amide bonds. The summed E-state index contributed by atoms with van der Waals surface area (Å²) in [5.74, 6) is -0.650. The van der Waals surface area contributed by atoms with E-state index in [0.29, 0.717) is 12.4 Å². The van der Waals surface area contributed by atoms with Crippen molar-refractivity contribution in [3.8, 4) is 11.5 Å². The first-order chi connectivity index (χ1) is 10.4. The van der Waals surface area contributed by atoms with E-state index in [4.69, 9.17) is 14.6 Å². The monoisotopic (exact) mass is 309 g/mol. The molecule has 2 unspecified atom stereocenters. The van der Waals surface area contributed by atoms with E-state index in [2.05, 4.69) is 5.32 Å². The van der Waals surface area contributed by atoms with Crippen molar-refractivity contribution in [3.63, 3.8) is 0 Å². The van der Waals surface area contributed by atoms with Gasteiger partial charge in [0.25, 0.3) is 5.91 Å². The van der Waals surface area contributed by atoms with Gasteiger partial charge in [-0.2, -0.15) is 0 Å². The van der Waals surface area contributed by atoms with Gasteiger partial charge >= 0.3 is 5.97 Å². The predicted octanol–water partition coefficient (Wildman–Crippen LogP) is 2.08. The highest BCUT2D eigenvalue weighted by Gasteiger charge is 2.20. The molecular formula is C16H23NO5. The number of carboxylic acid groups (broad SMARTS) is 1. The lowest BCUT2D eigenvalue weighted by molar-refractivity contribution is -0.142. The molecule has 0 aliphatic heterocycles. The summed E-state index contributed by atoms with van der Waals surface area (Å²) < 4.78 is 10.8. The number of hydrogen-bond acceptors (Lipinski definition) is 4. The fourth-order valence-corrected chi connectivity index (χ4v) is 1.64. The largest absolute Gasteiger partial charge is 0.494 e. The zero-order valence-corrected chi connectivity index (χ0v) is 13.2. The van der Waals surface area contributed by atoms with E-state index in [-0.39, 0.29) is 12.5 Å². The van der Waals surface area contributed by atoms with Gasteiger partial charge in [-0.05, 0) is 44.5 Å². The average Bonchev–Trinajstić information content (AvgIpc) is 2.50. The minimum absolute atomic E-state index is 0.161. The summed E-state index contributed by atoms with van der Waals surface area (Å²) in [7, 11) is 0. The zero-order chi connectivity index (χ0) is 16.5. The van der Waals surface area contributed by atoms with Crippen LogP contribution in [0.15, 0.2) is 24.3 Å². The first kappa shape index (κ1) is 17.8. The van der Waals surface area contributed by atoms with Crippen LogP contribution in [0, 0.1) is 5.92 Å². The zero-order valence-electron chi connectivity index (χ0n) is 13.2. The number of hydrogen-bond donors (Lipinski definition) is 2. The number of ether oxygens (including phenoxy) is 2. The van der Waals surface area contributed by atoms with Gasteiger partial charge in [-0.25, -0.2) is 0 Å². The molecule has 6 nitrogen and oxygen atoms in total. The third-order valence-electron chi connectivity index (χ3n) is 3.19. The number of nitrogens with one attached hydrogen (secondary N) is 1. The maximum atomic E-state index is 11.7. The lowest BCUT2D eigenvalue weighted by atomic mass is 10.0. The van der Waals surface area contributed by atoms with Crippen LogP contribution < -0.4 is 14.8 Å². The Labute approximate surface area is 130 Å². The Hall–Kier alpha value is -2.24. The Kier molecular flexibility index (Phi) is 7.22. The first-order valence-electron chi connectivity index (χ1n) is 7.31. The standard InChI is InChI=1S/C16H23NO5/c1-4-9-21-13-5-7-14(8-6-13)22-10-15(18)17-12(3)11(2)16(19)20/h5-8,11-12H,4,9-10H2,1-3H3,(H,17,18)(H,19,20). The quantitative estimate of drug-likeness (QED) is 0.729. The average molecular weight is 309 g/mol. The second kappa shape index (κ2) is 8.92.